The number of aryl methyl sites for hydroxylation is 1. The highest BCUT2D eigenvalue weighted by atomic mass is 16.5. The molecule has 4 amide bonds. The van der Waals surface area contributed by atoms with Crippen molar-refractivity contribution in [3.05, 3.63) is 82.4 Å². The number of rotatable bonds is 14. The van der Waals surface area contributed by atoms with E-state index in [1.54, 1.807) is 31.4 Å². The number of carbonyl (C=O) groups excluding carboxylic acids is 3. The molecule has 0 radical (unpaired) electrons. The van der Waals surface area contributed by atoms with Gasteiger partial charge < -0.3 is 35.4 Å². The van der Waals surface area contributed by atoms with Gasteiger partial charge in [0.25, 0.3) is 0 Å². The van der Waals surface area contributed by atoms with E-state index in [1.807, 2.05) is 43.3 Å². The first-order chi connectivity index (χ1) is 21.7. The first kappa shape index (κ1) is 32.5. The normalized spacial score (nSPS) is 11.6. The summed E-state index contributed by atoms with van der Waals surface area (Å²) in [6, 6.07) is 17.5. The summed E-state index contributed by atoms with van der Waals surface area (Å²) in [7, 11) is 3.05. The number of urea groups is 1. The molecule has 4 N–H and O–H groups in total. The fourth-order valence-corrected chi connectivity index (χ4v) is 4.88. The molecule has 0 aliphatic carbocycles. The van der Waals surface area contributed by atoms with Crippen LogP contribution in [0.3, 0.4) is 0 Å². The number of carboxylic acid groups (broad SMARTS) is 1. The highest BCUT2D eigenvalue weighted by Gasteiger charge is 2.18. The Kier molecular flexibility index (Phi) is 11.1. The number of nitrogens with one attached hydrogen (secondary N) is 3. The third-order valence-corrected chi connectivity index (χ3v) is 7.37. The van der Waals surface area contributed by atoms with Crippen LogP contribution in [0.25, 0.3) is 5.57 Å². The molecule has 0 fully saturated rings. The van der Waals surface area contributed by atoms with Gasteiger partial charge in [0.15, 0.2) is 0 Å². The van der Waals surface area contributed by atoms with Crippen LogP contribution in [0, 0.1) is 6.92 Å². The van der Waals surface area contributed by atoms with Gasteiger partial charge in [-0.2, -0.15) is 0 Å². The number of anilines is 2. The highest BCUT2D eigenvalue weighted by molar-refractivity contribution is 6.01. The van der Waals surface area contributed by atoms with E-state index in [4.69, 9.17) is 9.47 Å². The molecule has 0 unspecified atom stereocenters. The number of nitrogens with zero attached hydrogens (tertiary/aromatic N) is 2. The fourth-order valence-electron chi connectivity index (χ4n) is 4.88. The summed E-state index contributed by atoms with van der Waals surface area (Å²) >= 11 is 0. The number of para-hydroxylation sites is 1. The first-order valence-electron chi connectivity index (χ1n) is 14.4. The molecule has 0 bridgehead atoms. The van der Waals surface area contributed by atoms with Crippen molar-refractivity contribution in [2.24, 2.45) is 4.99 Å². The van der Waals surface area contributed by atoms with Crippen molar-refractivity contribution in [2.45, 2.75) is 26.2 Å². The van der Waals surface area contributed by atoms with Crippen LogP contribution >= 0.6 is 0 Å². The minimum atomic E-state index is -1.02. The predicted molar refractivity (Wildman–Crippen MR) is 169 cm³/mol. The lowest BCUT2D eigenvalue weighted by molar-refractivity contribution is -0.139. The van der Waals surface area contributed by atoms with Crippen LogP contribution in [0.15, 0.2) is 65.7 Å². The summed E-state index contributed by atoms with van der Waals surface area (Å²) in [6.45, 7) is 2.41. The quantitative estimate of drug-likeness (QED) is 0.217. The van der Waals surface area contributed by atoms with Gasteiger partial charge in [0, 0.05) is 24.0 Å². The van der Waals surface area contributed by atoms with E-state index in [-0.39, 0.29) is 38.4 Å². The van der Waals surface area contributed by atoms with Crippen LogP contribution in [0.5, 0.6) is 11.5 Å². The lowest BCUT2D eigenvalue weighted by Gasteiger charge is -2.22. The minimum absolute atomic E-state index is 0.0164. The Hall–Kier alpha value is -5.39. The van der Waals surface area contributed by atoms with E-state index in [2.05, 4.69) is 20.9 Å². The van der Waals surface area contributed by atoms with Crippen molar-refractivity contribution in [2.75, 3.05) is 51.0 Å². The molecule has 4 rings (SSSR count). The maximum atomic E-state index is 13.1. The second kappa shape index (κ2) is 15.4. The van der Waals surface area contributed by atoms with Crippen LogP contribution in [0.4, 0.5) is 16.2 Å². The van der Waals surface area contributed by atoms with Gasteiger partial charge in [-0.15, -0.1) is 0 Å². The van der Waals surface area contributed by atoms with Crippen LogP contribution in [0.1, 0.15) is 24.0 Å². The molecular weight excluding hydrogens is 578 g/mol. The lowest BCUT2D eigenvalue weighted by atomic mass is 10.1. The molecule has 3 aromatic rings. The van der Waals surface area contributed by atoms with Gasteiger partial charge in [0.2, 0.25) is 11.8 Å². The van der Waals surface area contributed by atoms with Gasteiger partial charge in [0.1, 0.15) is 11.5 Å². The lowest BCUT2D eigenvalue weighted by Crippen LogP contribution is -2.42. The molecule has 45 heavy (non-hydrogen) atoms. The Labute approximate surface area is 260 Å². The van der Waals surface area contributed by atoms with Gasteiger partial charge in [0.05, 0.1) is 51.2 Å². The number of hydrogen-bond donors (Lipinski definition) is 4. The molecule has 0 saturated carbocycles. The number of carbonyl (C=O) groups is 4. The zero-order valence-corrected chi connectivity index (χ0v) is 25.5. The van der Waals surface area contributed by atoms with Crippen molar-refractivity contribution in [3.8, 4) is 11.5 Å². The van der Waals surface area contributed by atoms with Crippen LogP contribution in [0.2, 0.25) is 0 Å². The summed E-state index contributed by atoms with van der Waals surface area (Å²) in [5.41, 5.74) is 3.66. The Morgan fingerprint density at radius 3 is 2.44 bits per heavy atom. The third-order valence-electron chi connectivity index (χ3n) is 7.37. The van der Waals surface area contributed by atoms with Gasteiger partial charge in [-0.1, -0.05) is 24.3 Å². The van der Waals surface area contributed by atoms with E-state index < -0.39 is 17.9 Å². The number of carboxylic acids is 1. The van der Waals surface area contributed by atoms with Gasteiger partial charge >= 0.3 is 12.0 Å². The number of methoxy groups -OCH3 is 2. The Bertz CT molecular complexity index is 1710. The summed E-state index contributed by atoms with van der Waals surface area (Å²) < 4.78 is 10.7. The average Bonchev–Trinajstić information content (AvgIpc) is 3.43. The standard InChI is InChI=1S/C33H37N5O7/c1-21-6-4-5-7-26(21)36-33(43)37-28-10-8-22(16-29(28)45-3)17-30(39)35-20-31(40)38(15-13-32(41)42)14-12-23-19-34-27-11-9-24(44-2)18-25(23)27/h4-11,16,18H,12-15,17,19-20H2,1-3H3,(H,35,39)(H,41,42)(H2,36,37,43). The molecule has 0 spiro atoms. The monoisotopic (exact) mass is 615 g/mol. The molecular formula is C33H37N5O7. The Morgan fingerprint density at radius 1 is 0.933 bits per heavy atom. The molecule has 0 aromatic heterocycles. The van der Waals surface area contributed by atoms with E-state index in [0.29, 0.717) is 41.4 Å². The number of benzene rings is 3. The molecule has 1 heterocycles. The number of ether oxygens (including phenoxy) is 2. The van der Waals surface area contributed by atoms with E-state index in [0.717, 1.165) is 21.7 Å². The largest absolute Gasteiger partial charge is 0.497 e. The Morgan fingerprint density at radius 2 is 1.71 bits per heavy atom. The van der Waals surface area contributed by atoms with Crippen LogP contribution in [-0.2, 0) is 20.8 Å². The zero-order chi connectivity index (χ0) is 32.3. The van der Waals surface area contributed by atoms with Gasteiger partial charge in [-0.25, -0.2) is 4.79 Å². The smallest absolute Gasteiger partial charge is 0.323 e. The van der Waals surface area contributed by atoms with E-state index >= 15 is 0 Å². The van der Waals surface area contributed by atoms with Crippen molar-refractivity contribution in [1.29, 1.82) is 0 Å². The maximum Gasteiger partial charge on any atom is 0.323 e. The fraction of sp³-hybridized carbons (Fsp3) is 0.303. The number of amides is 4. The first-order valence-corrected chi connectivity index (χ1v) is 14.4. The maximum absolute atomic E-state index is 13.1. The third kappa shape index (κ3) is 9.05. The number of fused-ring (bicyclic) bond motifs is 1. The second-order valence-electron chi connectivity index (χ2n) is 10.5. The predicted octanol–water partition coefficient (Wildman–Crippen LogP) is 2.49. The van der Waals surface area contributed by atoms with Crippen LogP contribution in [-0.4, -0.2) is 74.2 Å². The van der Waals surface area contributed by atoms with Gasteiger partial charge in [-0.05, 0) is 66.4 Å². The van der Waals surface area contributed by atoms with Crippen LogP contribution < -0.4 is 36.0 Å². The topological polar surface area (TPSA) is 159 Å². The zero-order valence-electron chi connectivity index (χ0n) is 25.5. The molecule has 236 valence electrons. The molecule has 0 atom stereocenters. The molecule has 12 heteroatoms. The van der Waals surface area contributed by atoms with Gasteiger partial charge in [-0.3, -0.25) is 19.4 Å². The minimum Gasteiger partial charge on any atom is -0.497 e. The SMILES string of the molecule is COc1ccc2c(c1)=C(CCN(CCC(=O)O)C(=O)CNC(=O)Cc1ccc(NC(=O)Nc3ccccc3C)c(OC)c1)CN=2. The Balaban J connectivity index is 1.33. The molecule has 1 aliphatic rings. The second-order valence-corrected chi connectivity index (χ2v) is 10.5. The summed E-state index contributed by atoms with van der Waals surface area (Å²) in [4.78, 5) is 55.6. The van der Waals surface area contributed by atoms with E-state index in [1.165, 1.54) is 12.0 Å². The highest BCUT2D eigenvalue weighted by Crippen LogP contribution is 2.26. The van der Waals surface area contributed by atoms with Crippen molar-refractivity contribution in [3.63, 3.8) is 0 Å². The average molecular weight is 616 g/mol. The molecule has 0 saturated heterocycles. The number of aliphatic carboxylic acids is 1. The summed E-state index contributed by atoms with van der Waals surface area (Å²) in [5.74, 6) is -0.729. The summed E-state index contributed by atoms with van der Waals surface area (Å²) in [5, 5.41) is 19.2. The molecule has 3 aromatic carbocycles. The molecule has 12 nitrogen and oxygen atoms in total. The molecule has 1 aliphatic heterocycles. The van der Waals surface area contributed by atoms with Crippen molar-refractivity contribution < 1.29 is 33.8 Å². The van der Waals surface area contributed by atoms with Crippen molar-refractivity contribution >= 4 is 40.8 Å². The number of hydrogen-bond acceptors (Lipinski definition) is 7. The van der Waals surface area contributed by atoms with E-state index in [9.17, 15) is 24.3 Å². The van der Waals surface area contributed by atoms with Crippen molar-refractivity contribution in [1.82, 2.24) is 10.2 Å². The summed E-state index contributed by atoms with van der Waals surface area (Å²) in [6.07, 6.45) is 0.256.